The predicted molar refractivity (Wildman–Crippen MR) is 79.0 cm³/mol. The Balaban J connectivity index is 1.81. The van der Waals surface area contributed by atoms with E-state index < -0.39 is 0 Å². The summed E-state index contributed by atoms with van der Waals surface area (Å²) >= 11 is 0. The summed E-state index contributed by atoms with van der Waals surface area (Å²) in [7, 11) is 0. The van der Waals surface area contributed by atoms with Gasteiger partial charge in [-0.05, 0) is 64.0 Å². The first-order valence-electron chi connectivity index (χ1n) is 7.12. The molecule has 1 aromatic carbocycles. The molecule has 1 saturated heterocycles. The lowest BCUT2D eigenvalue weighted by molar-refractivity contribution is 0.334. The van der Waals surface area contributed by atoms with Gasteiger partial charge in [0.2, 0.25) is 0 Å². The van der Waals surface area contributed by atoms with Crippen molar-refractivity contribution in [2.45, 2.75) is 26.2 Å². The van der Waals surface area contributed by atoms with Gasteiger partial charge < -0.3 is 15.5 Å². The molecule has 1 aromatic rings. The molecule has 0 unspecified atom stereocenters. The number of likely N-dealkylation sites (tertiary alicyclic amines) is 1. The van der Waals surface area contributed by atoms with E-state index >= 15 is 0 Å². The van der Waals surface area contributed by atoms with Crippen molar-refractivity contribution in [3.05, 3.63) is 24.3 Å². The van der Waals surface area contributed by atoms with Crippen LogP contribution in [-0.4, -0.2) is 37.6 Å². The van der Waals surface area contributed by atoms with Gasteiger partial charge in [-0.2, -0.15) is 0 Å². The summed E-state index contributed by atoms with van der Waals surface area (Å²) in [5.41, 5.74) is 7.95. The van der Waals surface area contributed by atoms with Crippen LogP contribution in [0.5, 0.6) is 0 Å². The minimum atomic E-state index is 0.852. The van der Waals surface area contributed by atoms with E-state index in [4.69, 9.17) is 5.73 Å². The van der Waals surface area contributed by atoms with Crippen molar-refractivity contribution in [1.29, 1.82) is 0 Å². The maximum absolute atomic E-state index is 5.84. The maximum atomic E-state index is 5.84. The second-order valence-electron chi connectivity index (χ2n) is 5.08. The van der Waals surface area contributed by atoms with Gasteiger partial charge in [-0.15, -0.1) is 0 Å². The summed E-state index contributed by atoms with van der Waals surface area (Å²) in [6.07, 6.45) is 4.00. The molecule has 2 N–H and O–H groups in total. The Labute approximate surface area is 111 Å². The van der Waals surface area contributed by atoms with Crippen LogP contribution in [0.3, 0.4) is 0 Å². The molecule has 1 aliphatic heterocycles. The van der Waals surface area contributed by atoms with Crippen molar-refractivity contribution in [2.75, 3.05) is 43.4 Å². The van der Waals surface area contributed by atoms with E-state index in [0.717, 1.165) is 18.8 Å². The minimum Gasteiger partial charge on any atom is -0.399 e. The Morgan fingerprint density at radius 3 is 2.72 bits per heavy atom. The van der Waals surface area contributed by atoms with Gasteiger partial charge in [0.1, 0.15) is 0 Å². The summed E-state index contributed by atoms with van der Waals surface area (Å²) in [4.78, 5) is 4.99. The van der Waals surface area contributed by atoms with Gasteiger partial charge >= 0.3 is 0 Å². The van der Waals surface area contributed by atoms with Gasteiger partial charge in [-0.3, -0.25) is 0 Å². The Bertz CT molecular complexity index is 359. The Hall–Kier alpha value is -1.22. The zero-order valence-electron chi connectivity index (χ0n) is 11.4. The fraction of sp³-hybridized carbons (Fsp3) is 0.600. The Morgan fingerprint density at radius 2 is 2.06 bits per heavy atom. The molecule has 18 heavy (non-hydrogen) atoms. The Kier molecular flexibility index (Phi) is 4.88. The van der Waals surface area contributed by atoms with Crippen molar-refractivity contribution < 1.29 is 0 Å². The molecular formula is C15H25N3. The van der Waals surface area contributed by atoms with Gasteiger partial charge in [0, 0.05) is 24.5 Å². The van der Waals surface area contributed by atoms with E-state index in [1.54, 1.807) is 0 Å². The molecule has 1 fully saturated rings. The number of hydrogen-bond donors (Lipinski definition) is 1. The first-order chi connectivity index (χ1) is 8.79. The van der Waals surface area contributed by atoms with Gasteiger partial charge in [0.05, 0.1) is 0 Å². The molecule has 0 saturated carbocycles. The van der Waals surface area contributed by atoms with Gasteiger partial charge in [0.25, 0.3) is 0 Å². The highest BCUT2D eigenvalue weighted by Gasteiger charge is 2.11. The van der Waals surface area contributed by atoms with E-state index in [9.17, 15) is 0 Å². The summed E-state index contributed by atoms with van der Waals surface area (Å²) in [5.74, 6) is 0. The molecule has 0 radical (unpaired) electrons. The summed E-state index contributed by atoms with van der Waals surface area (Å²) in [6.45, 7) is 8.20. The first-order valence-corrected chi connectivity index (χ1v) is 7.12. The lowest BCUT2D eigenvalue weighted by Crippen LogP contribution is -2.28. The van der Waals surface area contributed by atoms with Crippen LogP contribution in [0, 0.1) is 0 Å². The van der Waals surface area contributed by atoms with Crippen molar-refractivity contribution in [3.8, 4) is 0 Å². The third-order valence-corrected chi connectivity index (χ3v) is 3.72. The number of nitrogens with two attached hydrogens (primary N) is 1. The molecule has 0 spiro atoms. The van der Waals surface area contributed by atoms with Gasteiger partial charge in [-0.25, -0.2) is 0 Å². The summed E-state index contributed by atoms with van der Waals surface area (Å²) in [5, 5.41) is 0. The summed E-state index contributed by atoms with van der Waals surface area (Å²) < 4.78 is 0. The highest BCUT2D eigenvalue weighted by atomic mass is 15.2. The third-order valence-electron chi connectivity index (χ3n) is 3.72. The SMILES string of the molecule is CCN(CCCN1CCCC1)c1cccc(N)c1. The smallest absolute Gasteiger partial charge is 0.0386 e. The molecule has 1 aliphatic rings. The molecule has 3 nitrogen and oxygen atoms in total. The maximum Gasteiger partial charge on any atom is 0.0386 e. The molecule has 0 bridgehead atoms. The fourth-order valence-electron chi connectivity index (χ4n) is 2.68. The molecule has 100 valence electrons. The monoisotopic (exact) mass is 247 g/mol. The van der Waals surface area contributed by atoms with Crippen molar-refractivity contribution in [1.82, 2.24) is 4.90 Å². The largest absolute Gasteiger partial charge is 0.399 e. The second-order valence-corrected chi connectivity index (χ2v) is 5.08. The van der Waals surface area contributed by atoms with Crippen molar-refractivity contribution >= 4 is 11.4 Å². The van der Waals surface area contributed by atoms with Crippen LogP contribution in [-0.2, 0) is 0 Å². The number of nitrogen functional groups attached to an aromatic ring is 1. The van der Waals surface area contributed by atoms with E-state index in [1.807, 2.05) is 12.1 Å². The molecule has 2 rings (SSSR count). The molecule has 3 heteroatoms. The van der Waals surface area contributed by atoms with Gasteiger partial charge in [-0.1, -0.05) is 6.07 Å². The highest BCUT2D eigenvalue weighted by Crippen LogP contribution is 2.17. The molecule has 1 heterocycles. The van der Waals surface area contributed by atoms with Crippen LogP contribution in [0.15, 0.2) is 24.3 Å². The third kappa shape index (κ3) is 3.64. The van der Waals surface area contributed by atoms with E-state index in [1.165, 1.54) is 44.6 Å². The fourth-order valence-corrected chi connectivity index (χ4v) is 2.68. The molecule has 0 atom stereocenters. The Morgan fingerprint density at radius 1 is 1.28 bits per heavy atom. The predicted octanol–water partition coefficient (Wildman–Crippen LogP) is 2.58. The molecular weight excluding hydrogens is 222 g/mol. The van der Waals surface area contributed by atoms with Gasteiger partial charge in [0.15, 0.2) is 0 Å². The molecule has 0 amide bonds. The van der Waals surface area contributed by atoms with Crippen LogP contribution in [0.1, 0.15) is 26.2 Å². The van der Waals surface area contributed by atoms with Crippen LogP contribution in [0.4, 0.5) is 11.4 Å². The highest BCUT2D eigenvalue weighted by molar-refractivity contribution is 5.55. The second kappa shape index (κ2) is 6.64. The van der Waals surface area contributed by atoms with E-state index in [2.05, 4.69) is 28.9 Å². The standard InChI is InChI=1S/C15H25N3/c1-2-18(15-8-5-7-14(16)13-15)12-6-11-17-9-3-4-10-17/h5,7-8,13H,2-4,6,9-12,16H2,1H3. The normalized spacial score (nSPS) is 16.1. The number of nitrogens with zero attached hydrogens (tertiary/aromatic N) is 2. The minimum absolute atomic E-state index is 0.852. The van der Waals surface area contributed by atoms with E-state index in [-0.39, 0.29) is 0 Å². The van der Waals surface area contributed by atoms with Crippen molar-refractivity contribution in [2.24, 2.45) is 0 Å². The first kappa shape index (κ1) is 13.2. The zero-order valence-corrected chi connectivity index (χ0v) is 11.4. The average Bonchev–Trinajstić information content (AvgIpc) is 2.88. The average molecular weight is 247 g/mol. The number of hydrogen-bond acceptors (Lipinski definition) is 3. The zero-order chi connectivity index (χ0) is 12.8. The lowest BCUT2D eigenvalue weighted by Gasteiger charge is -2.24. The molecule has 0 aliphatic carbocycles. The number of rotatable bonds is 6. The summed E-state index contributed by atoms with van der Waals surface area (Å²) in [6, 6.07) is 8.20. The van der Waals surface area contributed by atoms with Crippen LogP contribution < -0.4 is 10.6 Å². The van der Waals surface area contributed by atoms with Crippen LogP contribution >= 0.6 is 0 Å². The van der Waals surface area contributed by atoms with Crippen LogP contribution in [0.2, 0.25) is 0 Å². The number of anilines is 2. The topological polar surface area (TPSA) is 32.5 Å². The van der Waals surface area contributed by atoms with Crippen LogP contribution in [0.25, 0.3) is 0 Å². The number of benzene rings is 1. The van der Waals surface area contributed by atoms with Crippen molar-refractivity contribution in [3.63, 3.8) is 0 Å². The quantitative estimate of drug-likeness (QED) is 0.784. The lowest BCUT2D eigenvalue weighted by atomic mass is 10.2. The molecule has 0 aromatic heterocycles. The van der Waals surface area contributed by atoms with E-state index in [0.29, 0.717) is 0 Å².